The van der Waals surface area contributed by atoms with Crippen molar-refractivity contribution in [1.29, 1.82) is 0 Å². The number of ether oxygens (including phenoxy) is 2. The maximum Gasteiger partial charge on any atom is 0.231 e. The maximum absolute atomic E-state index is 5.93. The fourth-order valence-corrected chi connectivity index (χ4v) is 2.34. The number of fused-ring (bicyclic) bond motifs is 1. The highest BCUT2D eigenvalue weighted by atomic mass is 16.7. The maximum atomic E-state index is 5.93. The fraction of sp³-hybridized carbons (Fsp3) is 0.571. The van der Waals surface area contributed by atoms with Gasteiger partial charge in [-0.25, -0.2) is 0 Å². The van der Waals surface area contributed by atoms with Crippen molar-refractivity contribution in [1.82, 2.24) is 0 Å². The minimum absolute atomic E-state index is 0.216. The summed E-state index contributed by atoms with van der Waals surface area (Å²) in [4.78, 5) is 0. The molecular weight excluding hydrogens is 214 g/mol. The zero-order chi connectivity index (χ0) is 12.3. The lowest BCUT2D eigenvalue weighted by molar-refractivity contribution is 0.174. The second-order valence-corrected chi connectivity index (χ2v) is 4.78. The summed E-state index contributed by atoms with van der Waals surface area (Å²) in [5, 5.41) is 0. The van der Waals surface area contributed by atoms with Crippen LogP contribution in [0.1, 0.15) is 32.3 Å². The van der Waals surface area contributed by atoms with E-state index in [0.717, 1.165) is 37.3 Å². The van der Waals surface area contributed by atoms with E-state index in [1.165, 1.54) is 5.56 Å². The fourth-order valence-electron chi connectivity index (χ4n) is 2.34. The molecule has 0 aliphatic carbocycles. The molecule has 3 heteroatoms. The third kappa shape index (κ3) is 2.39. The number of hydrogen-bond acceptors (Lipinski definition) is 3. The van der Waals surface area contributed by atoms with Gasteiger partial charge in [0.15, 0.2) is 11.5 Å². The Morgan fingerprint density at radius 1 is 1.18 bits per heavy atom. The van der Waals surface area contributed by atoms with Gasteiger partial charge in [0.25, 0.3) is 0 Å². The highest BCUT2D eigenvalue weighted by Crippen LogP contribution is 2.36. The predicted molar refractivity (Wildman–Crippen MR) is 68.3 cm³/mol. The summed E-state index contributed by atoms with van der Waals surface area (Å²) in [6.45, 7) is 5.49. The third-order valence-corrected chi connectivity index (χ3v) is 3.95. The Balaban J connectivity index is 2.18. The van der Waals surface area contributed by atoms with Gasteiger partial charge in [-0.15, -0.1) is 0 Å². The molecule has 94 valence electrons. The van der Waals surface area contributed by atoms with Gasteiger partial charge < -0.3 is 15.2 Å². The molecule has 0 atom stereocenters. The van der Waals surface area contributed by atoms with Crippen LogP contribution in [0.5, 0.6) is 11.5 Å². The highest BCUT2D eigenvalue weighted by molar-refractivity contribution is 5.44. The van der Waals surface area contributed by atoms with Crippen molar-refractivity contribution in [3.63, 3.8) is 0 Å². The van der Waals surface area contributed by atoms with Crippen molar-refractivity contribution in [3.8, 4) is 11.5 Å². The average Bonchev–Trinajstić information content (AvgIpc) is 2.83. The van der Waals surface area contributed by atoms with Crippen LogP contribution in [0.3, 0.4) is 0 Å². The van der Waals surface area contributed by atoms with E-state index >= 15 is 0 Å². The first-order chi connectivity index (χ1) is 8.23. The SMILES string of the molecule is CCC(CC)(CN)Cc1ccc2c(c1)OCO2. The molecule has 3 nitrogen and oxygen atoms in total. The molecule has 0 bridgehead atoms. The van der Waals surface area contributed by atoms with Crippen LogP contribution in [-0.4, -0.2) is 13.3 Å². The van der Waals surface area contributed by atoms with Crippen molar-refractivity contribution in [2.45, 2.75) is 33.1 Å². The van der Waals surface area contributed by atoms with Crippen LogP contribution in [0.2, 0.25) is 0 Å². The molecule has 1 aliphatic rings. The van der Waals surface area contributed by atoms with Crippen molar-refractivity contribution in [3.05, 3.63) is 23.8 Å². The lowest BCUT2D eigenvalue weighted by Gasteiger charge is -2.30. The number of hydrogen-bond donors (Lipinski definition) is 1. The van der Waals surface area contributed by atoms with E-state index in [9.17, 15) is 0 Å². The van der Waals surface area contributed by atoms with Crippen molar-refractivity contribution in [2.75, 3.05) is 13.3 Å². The zero-order valence-electron chi connectivity index (χ0n) is 10.7. The van der Waals surface area contributed by atoms with Gasteiger partial charge in [-0.2, -0.15) is 0 Å². The Labute approximate surface area is 103 Å². The summed E-state index contributed by atoms with van der Waals surface area (Å²) in [5.41, 5.74) is 7.43. The van der Waals surface area contributed by atoms with E-state index in [-0.39, 0.29) is 5.41 Å². The molecular formula is C14H21NO2. The molecule has 0 unspecified atom stereocenters. The van der Waals surface area contributed by atoms with E-state index in [0.29, 0.717) is 6.79 Å². The zero-order valence-corrected chi connectivity index (χ0v) is 10.7. The van der Waals surface area contributed by atoms with Crippen LogP contribution >= 0.6 is 0 Å². The van der Waals surface area contributed by atoms with Crippen LogP contribution in [0.25, 0.3) is 0 Å². The molecule has 0 aromatic heterocycles. The summed E-state index contributed by atoms with van der Waals surface area (Å²) >= 11 is 0. The molecule has 1 aromatic rings. The lowest BCUT2D eigenvalue weighted by atomic mass is 9.77. The van der Waals surface area contributed by atoms with Crippen molar-refractivity contribution in [2.24, 2.45) is 11.1 Å². The van der Waals surface area contributed by atoms with Crippen molar-refractivity contribution >= 4 is 0 Å². The summed E-state index contributed by atoms with van der Waals surface area (Å²) < 4.78 is 10.7. The second kappa shape index (κ2) is 4.96. The Hall–Kier alpha value is -1.22. The van der Waals surface area contributed by atoms with Crippen LogP contribution in [0.15, 0.2) is 18.2 Å². The van der Waals surface area contributed by atoms with Crippen LogP contribution in [0.4, 0.5) is 0 Å². The monoisotopic (exact) mass is 235 g/mol. The van der Waals surface area contributed by atoms with E-state index in [2.05, 4.69) is 26.0 Å². The predicted octanol–water partition coefficient (Wildman–Crippen LogP) is 2.72. The summed E-state index contributed by atoms with van der Waals surface area (Å²) in [6, 6.07) is 6.19. The largest absolute Gasteiger partial charge is 0.454 e. The van der Waals surface area contributed by atoms with Gasteiger partial charge in [0, 0.05) is 0 Å². The van der Waals surface area contributed by atoms with Gasteiger partial charge in [0.05, 0.1) is 0 Å². The second-order valence-electron chi connectivity index (χ2n) is 4.78. The summed E-state index contributed by atoms with van der Waals surface area (Å²) in [6.07, 6.45) is 3.22. The first-order valence-corrected chi connectivity index (χ1v) is 6.31. The third-order valence-electron chi connectivity index (χ3n) is 3.95. The number of nitrogens with two attached hydrogens (primary N) is 1. The van der Waals surface area contributed by atoms with Crippen LogP contribution < -0.4 is 15.2 Å². The number of benzene rings is 1. The molecule has 1 heterocycles. The van der Waals surface area contributed by atoms with Crippen LogP contribution in [0, 0.1) is 5.41 Å². The van der Waals surface area contributed by atoms with E-state index in [4.69, 9.17) is 15.2 Å². The molecule has 2 N–H and O–H groups in total. The minimum Gasteiger partial charge on any atom is -0.454 e. The van der Waals surface area contributed by atoms with Crippen LogP contribution in [-0.2, 0) is 6.42 Å². The Morgan fingerprint density at radius 2 is 1.88 bits per heavy atom. The van der Waals surface area contributed by atoms with E-state index in [1.54, 1.807) is 0 Å². The van der Waals surface area contributed by atoms with Gasteiger partial charge in [-0.3, -0.25) is 0 Å². The van der Waals surface area contributed by atoms with Gasteiger partial charge >= 0.3 is 0 Å². The minimum atomic E-state index is 0.216. The lowest BCUT2D eigenvalue weighted by Crippen LogP contribution is -2.31. The molecule has 0 fully saturated rings. The van der Waals surface area contributed by atoms with Gasteiger partial charge in [0.2, 0.25) is 6.79 Å². The number of rotatable bonds is 5. The first-order valence-electron chi connectivity index (χ1n) is 6.31. The van der Waals surface area contributed by atoms with E-state index < -0.39 is 0 Å². The van der Waals surface area contributed by atoms with Gasteiger partial charge in [-0.1, -0.05) is 19.9 Å². The molecule has 1 aliphatic heterocycles. The normalized spacial score (nSPS) is 14.1. The average molecular weight is 235 g/mol. The Kier molecular flexibility index (Phi) is 3.57. The van der Waals surface area contributed by atoms with E-state index in [1.807, 2.05) is 6.07 Å². The molecule has 0 amide bonds. The first kappa shape index (κ1) is 12.2. The molecule has 0 saturated heterocycles. The summed E-state index contributed by atoms with van der Waals surface area (Å²) in [5.74, 6) is 1.71. The van der Waals surface area contributed by atoms with Crippen molar-refractivity contribution < 1.29 is 9.47 Å². The molecule has 0 radical (unpaired) electrons. The smallest absolute Gasteiger partial charge is 0.231 e. The van der Waals surface area contributed by atoms with Gasteiger partial charge in [-0.05, 0) is 48.9 Å². The molecule has 0 spiro atoms. The topological polar surface area (TPSA) is 44.5 Å². The standard InChI is InChI=1S/C14H21NO2/c1-3-14(4-2,9-15)8-11-5-6-12-13(7-11)17-10-16-12/h5-7H,3-4,8-10,15H2,1-2H3. The quantitative estimate of drug-likeness (QED) is 0.853. The highest BCUT2D eigenvalue weighted by Gasteiger charge is 2.25. The Bertz CT molecular complexity index is 378. The molecule has 17 heavy (non-hydrogen) atoms. The molecule has 2 rings (SSSR count). The Morgan fingerprint density at radius 3 is 2.53 bits per heavy atom. The summed E-state index contributed by atoms with van der Waals surface area (Å²) in [7, 11) is 0. The molecule has 0 saturated carbocycles. The van der Waals surface area contributed by atoms with Gasteiger partial charge in [0.1, 0.15) is 0 Å². The molecule has 1 aromatic carbocycles.